The third-order valence-electron chi connectivity index (χ3n) is 3.93. The molecule has 4 nitrogen and oxygen atoms in total. The van der Waals surface area contributed by atoms with E-state index in [4.69, 9.17) is 4.74 Å². The van der Waals surface area contributed by atoms with Crippen molar-refractivity contribution >= 4 is 44.8 Å². The lowest BCUT2D eigenvalue weighted by molar-refractivity contribution is -0.119. The molecule has 0 saturated carbocycles. The molecule has 0 atom stereocenters. The van der Waals surface area contributed by atoms with Crippen LogP contribution >= 0.6 is 27.3 Å². The van der Waals surface area contributed by atoms with Crippen LogP contribution in [0.4, 0.5) is 5.69 Å². The Hall–Kier alpha value is -1.66. The minimum Gasteiger partial charge on any atom is -0.451 e. The normalized spacial score (nSPS) is 13.2. The molecule has 2 aromatic rings. The highest BCUT2D eigenvalue weighted by atomic mass is 79.9. The number of halogens is 1. The number of anilines is 1. The lowest BCUT2D eigenvalue weighted by atomic mass is 9.99. The summed E-state index contributed by atoms with van der Waals surface area (Å²) in [7, 11) is 0. The maximum absolute atomic E-state index is 12.1. The summed E-state index contributed by atoms with van der Waals surface area (Å²) in [6.07, 6.45) is 4.41. The fourth-order valence-corrected chi connectivity index (χ4v) is 4.44. The van der Waals surface area contributed by atoms with Crippen LogP contribution in [0.5, 0.6) is 0 Å². The minimum atomic E-state index is -0.424. The van der Waals surface area contributed by atoms with Gasteiger partial charge < -0.3 is 10.1 Å². The van der Waals surface area contributed by atoms with E-state index in [0.717, 1.165) is 22.9 Å². The van der Waals surface area contributed by atoms with Gasteiger partial charge in [0.05, 0.1) is 5.69 Å². The summed E-state index contributed by atoms with van der Waals surface area (Å²) in [6, 6.07) is 7.54. The first-order valence-electron chi connectivity index (χ1n) is 7.87. The Morgan fingerprint density at radius 3 is 2.79 bits per heavy atom. The van der Waals surface area contributed by atoms with E-state index in [1.807, 2.05) is 31.2 Å². The number of hydrogen-bond acceptors (Lipinski definition) is 4. The van der Waals surface area contributed by atoms with Crippen LogP contribution in [-0.2, 0) is 22.4 Å². The SMILES string of the molecule is Cc1ccc(NC(=O)COC(=O)c2cc3c(s2)CCCC3)c(Br)c1. The molecule has 126 valence electrons. The lowest BCUT2D eigenvalue weighted by Crippen LogP contribution is -2.20. The molecule has 1 aromatic carbocycles. The highest BCUT2D eigenvalue weighted by Gasteiger charge is 2.19. The van der Waals surface area contributed by atoms with Crippen molar-refractivity contribution in [1.82, 2.24) is 0 Å². The summed E-state index contributed by atoms with van der Waals surface area (Å²) in [4.78, 5) is 26.0. The highest BCUT2D eigenvalue weighted by Crippen LogP contribution is 2.30. The molecule has 1 aromatic heterocycles. The number of fused-ring (bicyclic) bond motifs is 1. The zero-order valence-electron chi connectivity index (χ0n) is 13.4. The van der Waals surface area contributed by atoms with Crippen molar-refractivity contribution in [3.63, 3.8) is 0 Å². The van der Waals surface area contributed by atoms with Gasteiger partial charge in [-0.25, -0.2) is 4.79 Å². The predicted octanol–water partition coefficient (Wildman–Crippen LogP) is 4.49. The van der Waals surface area contributed by atoms with Crippen molar-refractivity contribution in [2.75, 3.05) is 11.9 Å². The number of esters is 1. The largest absolute Gasteiger partial charge is 0.451 e. The van der Waals surface area contributed by atoms with E-state index in [0.29, 0.717) is 10.6 Å². The second kappa shape index (κ2) is 7.49. The summed E-state index contributed by atoms with van der Waals surface area (Å²) in [5.74, 6) is -0.776. The molecule has 1 aliphatic carbocycles. The Kier molecular flexibility index (Phi) is 5.36. The van der Waals surface area contributed by atoms with Crippen molar-refractivity contribution in [1.29, 1.82) is 0 Å². The average Bonchev–Trinajstić information content (AvgIpc) is 2.99. The highest BCUT2D eigenvalue weighted by molar-refractivity contribution is 9.10. The van der Waals surface area contributed by atoms with Crippen LogP contribution in [0, 0.1) is 6.92 Å². The summed E-state index contributed by atoms with van der Waals surface area (Å²) in [6.45, 7) is 1.68. The topological polar surface area (TPSA) is 55.4 Å². The first-order chi connectivity index (χ1) is 11.5. The lowest BCUT2D eigenvalue weighted by Gasteiger charge is -2.08. The van der Waals surface area contributed by atoms with Crippen LogP contribution in [-0.4, -0.2) is 18.5 Å². The standard InChI is InChI=1S/C18H18BrNO3S/c1-11-6-7-14(13(19)8-11)20-17(21)10-23-18(22)16-9-12-4-2-3-5-15(12)24-16/h6-9H,2-5,10H2,1H3,(H,20,21). The Bertz CT molecular complexity index is 761. The van der Waals surface area contributed by atoms with E-state index in [-0.39, 0.29) is 12.5 Å². The molecule has 0 spiro atoms. The van der Waals surface area contributed by atoms with Gasteiger partial charge in [-0.15, -0.1) is 11.3 Å². The molecule has 24 heavy (non-hydrogen) atoms. The molecule has 0 saturated heterocycles. The molecular weight excluding hydrogens is 390 g/mol. The maximum Gasteiger partial charge on any atom is 0.348 e. The number of nitrogens with one attached hydrogen (secondary N) is 1. The van der Waals surface area contributed by atoms with Gasteiger partial charge in [0.15, 0.2) is 6.61 Å². The molecule has 0 unspecified atom stereocenters. The zero-order chi connectivity index (χ0) is 17.1. The summed E-state index contributed by atoms with van der Waals surface area (Å²) in [5, 5.41) is 2.73. The van der Waals surface area contributed by atoms with Crippen molar-refractivity contribution < 1.29 is 14.3 Å². The number of thiophene rings is 1. The molecule has 1 heterocycles. The van der Waals surface area contributed by atoms with Crippen LogP contribution in [0.15, 0.2) is 28.7 Å². The molecule has 0 fully saturated rings. The molecule has 0 aliphatic heterocycles. The van der Waals surface area contributed by atoms with Gasteiger partial charge in [0.1, 0.15) is 4.88 Å². The number of carbonyl (C=O) groups excluding carboxylic acids is 2. The van der Waals surface area contributed by atoms with E-state index >= 15 is 0 Å². The third kappa shape index (κ3) is 4.05. The molecule has 0 bridgehead atoms. The van der Waals surface area contributed by atoms with Gasteiger partial charge in [-0.3, -0.25) is 4.79 Å². The van der Waals surface area contributed by atoms with Gasteiger partial charge in [-0.1, -0.05) is 6.07 Å². The fraction of sp³-hybridized carbons (Fsp3) is 0.333. The molecule has 6 heteroatoms. The smallest absolute Gasteiger partial charge is 0.348 e. The Balaban J connectivity index is 1.55. The van der Waals surface area contributed by atoms with Crippen LogP contribution in [0.1, 0.15) is 38.5 Å². The first kappa shape index (κ1) is 17.2. The van der Waals surface area contributed by atoms with E-state index in [1.54, 1.807) is 0 Å². The summed E-state index contributed by atoms with van der Waals surface area (Å²) < 4.78 is 5.95. The summed E-state index contributed by atoms with van der Waals surface area (Å²) >= 11 is 4.89. The summed E-state index contributed by atoms with van der Waals surface area (Å²) in [5.41, 5.74) is 3.01. The second-order valence-corrected chi connectivity index (χ2v) is 7.86. The van der Waals surface area contributed by atoms with E-state index in [1.165, 1.54) is 34.6 Å². The first-order valence-corrected chi connectivity index (χ1v) is 9.48. The Morgan fingerprint density at radius 2 is 2.04 bits per heavy atom. The number of amides is 1. The van der Waals surface area contributed by atoms with Crippen molar-refractivity contribution in [2.45, 2.75) is 32.6 Å². The van der Waals surface area contributed by atoms with E-state index < -0.39 is 5.97 Å². The van der Waals surface area contributed by atoms with Crippen LogP contribution in [0.3, 0.4) is 0 Å². The Labute approximate surface area is 153 Å². The molecular formula is C18H18BrNO3S. The fourth-order valence-electron chi connectivity index (χ4n) is 2.70. The van der Waals surface area contributed by atoms with Crippen LogP contribution in [0.2, 0.25) is 0 Å². The zero-order valence-corrected chi connectivity index (χ0v) is 15.8. The van der Waals surface area contributed by atoms with Gasteiger partial charge in [0, 0.05) is 9.35 Å². The molecule has 0 radical (unpaired) electrons. The van der Waals surface area contributed by atoms with Crippen molar-refractivity contribution in [3.8, 4) is 0 Å². The number of aryl methyl sites for hydroxylation is 3. The molecule has 1 aliphatic rings. The number of rotatable bonds is 4. The van der Waals surface area contributed by atoms with Gasteiger partial charge >= 0.3 is 5.97 Å². The minimum absolute atomic E-state index is 0.290. The van der Waals surface area contributed by atoms with Crippen LogP contribution in [0.25, 0.3) is 0 Å². The number of carbonyl (C=O) groups is 2. The maximum atomic E-state index is 12.1. The number of hydrogen-bond donors (Lipinski definition) is 1. The number of benzene rings is 1. The van der Waals surface area contributed by atoms with E-state index in [2.05, 4.69) is 21.2 Å². The molecule has 3 rings (SSSR count). The van der Waals surface area contributed by atoms with Gasteiger partial charge in [0.25, 0.3) is 5.91 Å². The molecule has 1 amide bonds. The monoisotopic (exact) mass is 407 g/mol. The number of ether oxygens (including phenoxy) is 1. The van der Waals surface area contributed by atoms with Gasteiger partial charge in [0.2, 0.25) is 0 Å². The van der Waals surface area contributed by atoms with Crippen molar-refractivity contribution in [3.05, 3.63) is 49.6 Å². The third-order valence-corrected chi connectivity index (χ3v) is 5.80. The van der Waals surface area contributed by atoms with Gasteiger partial charge in [-0.05, 0) is 77.9 Å². The molecule has 1 N–H and O–H groups in total. The van der Waals surface area contributed by atoms with Gasteiger partial charge in [-0.2, -0.15) is 0 Å². The van der Waals surface area contributed by atoms with E-state index in [9.17, 15) is 9.59 Å². The van der Waals surface area contributed by atoms with Crippen LogP contribution < -0.4 is 5.32 Å². The Morgan fingerprint density at radius 1 is 1.25 bits per heavy atom. The second-order valence-electron chi connectivity index (χ2n) is 5.87. The van der Waals surface area contributed by atoms with Crippen molar-refractivity contribution in [2.24, 2.45) is 0 Å². The predicted molar refractivity (Wildman–Crippen MR) is 98.8 cm³/mol. The quantitative estimate of drug-likeness (QED) is 0.759. The average molecular weight is 408 g/mol.